The van der Waals surface area contributed by atoms with E-state index < -0.39 is 0 Å². The Bertz CT molecular complexity index is 362. The van der Waals surface area contributed by atoms with Crippen molar-refractivity contribution in [2.75, 3.05) is 51.6 Å². The lowest BCUT2D eigenvalue weighted by Crippen LogP contribution is -2.44. The number of benzene rings is 1. The molecule has 1 saturated heterocycles. The van der Waals surface area contributed by atoms with Crippen LogP contribution >= 0.6 is 15.9 Å². The molecular formula is C14H22BrN3. The summed E-state index contributed by atoms with van der Waals surface area (Å²) in [5.74, 6) is 0. The van der Waals surface area contributed by atoms with E-state index in [0.717, 1.165) is 11.0 Å². The second-order valence-corrected chi connectivity index (χ2v) is 5.85. The fraction of sp³-hybridized carbons (Fsp3) is 0.571. The minimum atomic E-state index is 1.04. The molecule has 1 aromatic rings. The van der Waals surface area contributed by atoms with Gasteiger partial charge in [-0.3, -0.25) is 0 Å². The van der Waals surface area contributed by atoms with Gasteiger partial charge in [0.2, 0.25) is 0 Å². The van der Waals surface area contributed by atoms with Crippen molar-refractivity contribution in [3.63, 3.8) is 0 Å². The van der Waals surface area contributed by atoms with Crippen molar-refractivity contribution in [2.45, 2.75) is 6.42 Å². The van der Waals surface area contributed by atoms with Crippen LogP contribution in [0.15, 0.2) is 28.7 Å². The summed E-state index contributed by atoms with van der Waals surface area (Å²) in [5.41, 5.74) is 1.20. The standard InChI is InChI=1S/C14H22BrN3/c1-17-8-10-18(11-9-17)7-3-6-16-14-5-2-4-13(15)12-14/h2,4-5,12,16H,3,6-11H2,1H3. The van der Waals surface area contributed by atoms with Crippen LogP contribution in [0, 0.1) is 0 Å². The maximum Gasteiger partial charge on any atom is 0.0351 e. The van der Waals surface area contributed by atoms with Gasteiger partial charge < -0.3 is 15.1 Å². The average molecular weight is 312 g/mol. The van der Waals surface area contributed by atoms with E-state index in [1.54, 1.807) is 0 Å². The first-order valence-electron chi connectivity index (χ1n) is 6.64. The molecule has 0 aromatic heterocycles. The third kappa shape index (κ3) is 4.59. The second kappa shape index (κ2) is 7.12. The van der Waals surface area contributed by atoms with Crippen LogP contribution in [-0.2, 0) is 0 Å². The van der Waals surface area contributed by atoms with Gasteiger partial charge in [-0.2, -0.15) is 0 Å². The van der Waals surface area contributed by atoms with Crippen molar-refractivity contribution in [1.29, 1.82) is 0 Å². The molecule has 18 heavy (non-hydrogen) atoms. The Morgan fingerprint density at radius 3 is 2.72 bits per heavy atom. The molecule has 4 heteroatoms. The van der Waals surface area contributed by atoms with Crippen LogP contribution < -0.4 is 5.32 Å². The highest BCUT2D eigenvalue weighted by atomic mass is 79.9. The quantitative estimate of drug-likeness (QED) is 0.843. The Balaban J connectivity index is 1.61. The lowest BCUT2D eigenvalue weighted by molar-refractivity contribution is 0.154. The van der Waals surface area contributed by atoms with Crippen molar-refractivity contribution < 1.29 is 0 Å². The normalized spacial score (nSPS) is 17.9. The van der Waals surface area contributed by atoms with Crippen molar-refractivity contribution in [3.05, 3.63) is 28.7 Å². The summed E-state index contributed by atoms with van der Waals surface area (Å²) >= 11 is 3.49. The average Bonchev–Trinajstić information content (AvgIpc) is 2.37. The maximum absolute atomic E-state index is 3.49. The van der Waals surface area contributed by atoms with E-state index in [9.17, 15) is 0 Å². The zero-order valence-corrected chi connectivity index (χ0v) is 12.6. The molecule has 1 aliphatic rings. The summed E-state index contributed by atoms with van der Waals surface area (Å²) in [7, 11) is 2.20. The first-order valence-corrected chi connectivity index (χ1v) is 7.44. The monoisotopic (exact) mass is 311 g/mol. The van der Waals surface area contributed by atoms with Crippen LogP contribution in [0.2, 0.25) is 0 Å². The first-order chi connectivity index (χ1) is 8.74. The van der Waals surface area contributed by atoms with Crippen molar-refractivity contribution in [3.8, 4) is 0 Å². The molecule has 0 unspecified atom stereocenters. The van der Waals surface area contributed by atoms with Crippen LogP contribution in [0.3, 0.4) is 0 Å². The summed E-state index contributed by atoms with van der Waals surface area (Å²) in [4.78, 5) is 4.96. The SMILES string of the molecule is CN1CCN(CCCNc2cccc(Br)c2)CC1. The molecule has 0 amide bonds. The lowest BCUT2D eigenvalue weighted by Gasteiger charge is -2.32. The minimum Gasteiger partial charge on any atom is -0.385 e. The van der Waals surface area contributed by atoms with Crippen molar-refractivity contribution in [1.82, 2.24) is 9.80 Å². The second-order valence-electron chi connectivity index (χ2n) is 4.94. The largest absolute Gasteiger partial charge is 0.385 e. The van der Waals surface area contributed by atoms with Crippen LogP contribution in [-0.4, -0.2) is 56.1 Å². The third-order valence-corrected chi connectivity index (χ3v) is 3.89. The molecule has 2 rings (SSSR count). The molecule has 3 nitrogen and oxygen atoms in total. The van der Waals surface area contributed by atoms with Gasteiger partial charge in [0.1, 0.15) is 0 Å². The zero-order valence-electron chi connectivity index (χ0n) is 11.0. The lowest BCUT2D eigenvalue weighted by atomic mass is 10.3. The van der Waals surface area contributed by atoms with E-state index in [0.29, 0.717) is 0 Å². The van der Waals surface area contributed by atoms with Gasteiger partial charge in [0, 0.05) is 42.9 Å². The minimum absolute atomic E-state index is 1.04. The summed E-state index contributed by atoms with van der Waals surface area (Å²) in [6.45, 7) is 7.09. The Hall–Kier alpha value is -0.580. The molecule has 0 atom stereocenters. The van der Waals surface area contributed by atoms with Crippen LogP contribution in [0.1, 0.15) is 6.42 Å². The molecule has 0 saturated carbocycles. The molecule has 0 aliphatic carbocycles. The number of anilines is 1. The van der Waals surface area contributed by atoms with E-state index in [2.05, 4.69) is 62.4 Å². The van der Waals surface area contributed by atoms with E-state index in [4.69, 9.17) is 0 Å². The van der Waals surface area contributed by atoms with Gasteiger partial charge in [0.15, 0.2) is 0 Å². The predicted octanol–water partition coefficient (Wildman–Crippen LogP) is 2.50. The Morgan fingerprint density at radius 1 is 1.22 bits per heavy atom. The highest BCUT2D eigenvalue weighted by molar-refractivity contribution is 9.10. The summed E-state index contributed by atoms with van der Waals surface area (Å²) in [6, 6.07) is 8.35. The van der Waals surface area contributed by atoms with Gasteiger partial charge in [-0.1, -0.05) is 22.0 Å². The highest BCUT2D eigenvalue weighted by Gasteiger charge is 2.12. The zero-order chi connectivity index (χ0) is 12.8. The predicted molar refractivity (Wildman–Crippen MR) is 81.2 cm³/mol. The molecular weight excluding hydrogens is 290 g/mol. The van der Waals surface area contributed by atoms with Gasteiger partial charge in [-0.15, -0.1) is 0 Å². The number of nitrogens with one attached hydrogen (secondary N) is 1. The van der Waals surface area contributed by atoms with Crippen LogP contribution in [0.25, 0.3) is 0 Å². The molecule has 100 valence electrons. The van der Waals surface area contributed by atoms with Gasteiger partial charge in [0.05, 0.1) is 0 Å². The summed E-state index contributed by atoms with van der Waals surface area (Å²) < 4.78 is 1.13. The van der Waals surface area contributed by atoms with E-state index in [1.165, 1.54) is 44.8 Å². The molecule has 1 aliphatic heterocycles. The fourth-order valence-electron chi connectivity index (χ4n) is 2.21. The third-order valence-electron chi connectivity index (χ3n) is 3.40. The summed E-state index contributed by atoms with van der Waals surface area (Å²) in [6.07, 6.45) is 1.20. The number of piperazine rings is 1. The van der Waals surface area contributed by atoms with Gasteiger partial charge in [0.25, 0.3) is 0 Å². The number of hydrogen-bond donors (Lipinski definition) is 1. The summed E-state index contributed by atoms with van der Waals surface area (Å²) in [5, 5.41) is 3.47. The number of likely N-dealkylation sites (N-methyl/N-ethyl adjacent to an activating group) is 1. The van der Waals surface area contributed by atoms with Gasteiger partial charge >= 0.3 is 0 Å². The molecule has 1 heterocycles. The van der Waals surface area contributed by atoms with E-state index >= 15 is 0 Å². The fourth-order valence-corrected chi connectivity index (χ4v) is 2.60. The number of halogens is 1. The molecule has 0 bridgehead atoms. The molecule has 0 radical (unpaired) electrons. The van der Waals surface area contributed by atoms with E-state index in [-0.39, 0.29) is 0 Å². The molecule has 1 fully saturated rings. The van der Waals surface area contributed by atoms with Crippen molar-refractivity contribution in [2.24, 2.45) is 0 Å². The first kappa shape index (κ1) is 13.8. The maximum atomic E-state index is 3.49. The topological polar surface area (TPSA) is 18.5 Å². The molecule has 1 aromatic carbocycles. The van der Waals surface area contributed by atoms with Crippen molar-refractivity contribution >= 4 is 21.6 Å². The van der Waals surface area contributed by atoms with Gasteiger partial charge in [-0.05, 0) is 38.2 Å². The number of hydrogen-bond acceptors (Lipinski definition) is 3. The Kier molecular flexibility index (Phi) is 5.47. The van der Waals surface area contributed by atoms with E-state index in [1.807, 2.05) is 0 Å². The molecule has 1 N–H and O–H groups in total. The Labute approximate surface area is 118 Å². The number of rotatable bonds is 5. The smallest absolute Gasteiger partial charge is 0.0351 e. The highest BCUT2D eigenvalue weighted by Crippen LogP contribution is 2.15. The molecule has 0 spiro atoms. The van der Waals surface area contributed by atoms with Gasteiger partial charge in [-0.25, -0.2) is 0 Å². The van der Waals surface area contributed by atoms with Crippen LogP contribution in [0.4, 0.5) is 5.69 Å². The number of nitrogens with zero attached hydrogens (tertiary/aromatic N) is 2. The van der Waals surface area contributed by atoms with Crippen LogP contribution in [0.5, 0.6) is 0 Å². The Morgan fingerprint density at radius 2 is 2.00 bits per heavy atom.